The average Bonchev–Trinajstić information content (AvgIpc) is 2.22. The normalized spacial score (nSPS) is 9.31. The molecule has 1 aromatic rings. The van der Waals surface area contributed by atoms with Gasteiger partial charge in [-0.1, -0.05) is 0 Å². The first-order chi connectivity index (χ1) is 7.45. The van der Waals surface area contributed by atoms with Crippen molar-refractivity contribution in [2.45, 2.75) is 19.9 Å². The predicted molar refractivity (Wildman–Crippen MR) is 63.5 cm³/mol. The van der Waals surface area contributed by atoms with Crippen molar-refractivity contribution in [2.75, 3.05) is 11.2 Å². The summed E-state index contributed by atoms with van der Waals surface area (Å²) in [4.78, 5) is 9.24. The maximum absolute atomic E-state index is 12.4. The molecule has 0 aliphatic carbocycles. The summed E-state index contributed by atoms with van der Waals surface area (Å²) < 4.78 is 12.4. The van der Waals surface area contributed by atoms with Gasteiger partial charge in [0.1, 0.15) is 11.7 Å². The van der Waals surface area contributed by atoms with Crippen molar-refractivity contribution in [3.05, 3.63) is 30.1 Å². The lowest BCUT2D eigenvalue weighted by molar-refractivity contribution is -0.134. The minimum atomic E-state index is -0.980. The smallest absolute Gasteiger partial charge is 0.318 e. The molecule has 0 amide bonds. The molecule has 0 radical (unpaired) electrons. The molecule has 0 spiro atoms. The van der Waals surface area contributed by atoms with Crippen LogP contribution in [0.25, 0.3) is 0 Å². The predicted octanol–water partition coefficient (Wildman–Crippen LogP) is 2.96. The molecular formula is C11H15ClFNO2. The van der Waals surface area contributed by atoms with Crippen LogP contribution in [0.15, 0.2) is 24.3 Å². The van der Waals surface area contributed by atoms with Gasteiger partial charge in [0, 0.05) is 11.7 Å². The van der Waals surface area contributed by atoms with Gasteiger partial charge in [-0.15, -0.1) is 11.6 Å². The number of benzene rings is 1. The Labute approximate surface area is 99.2 Å². The summed E-state index contributed by atoms with van der Waals surface area (Å²) in [5, 5.41) is 10.8. The van der Waals surface area contributed by atoms with Crippen molar-refractivity contribution in [3.8, 4) is 0 Å². The van der Waals surface area contributed by atoms with Crippen LogP contribution >= 0.6 is 11.6 Å². The lowest BCUT2D eigenvalue weighted by Crippen LogP contribution is -2.09. The number of carbonyl (C=O) groups is 1. The van der Waals surface area contributed by atoms with Crippen molar-refractivity contribution < 1.29 is 14.3 Å². The maximum atomic E-state index is 12.4. The van der Waals surface area contributed by atoms with Gasteiger partial charge in [0.15, 0.2) is 0 Å². The number of hydrogen-bond acceptors (Lipinski definition) is 2. The van der Waals surface area contributed by atoms with E-state index in [-0.39, 0.29) is 11.7 Å². The van der Waals surface area contributed by atoms with Crippen LogP contribution in [-0.2, 0) is 4.79 Å². The third-order valence-corrected chi connectivity index (χ3v) is 1.64. The second kappa shape index (κ2) is 7.93. The zero-order chi connectivity index (χ0) is 12.6. The van der Waals surface area contributed by atoms with E-state index in [9.17, 15) is 9.18 Å². The molecule has 0 aliphatic rings. The quantitative estimate of drug-likeness (QED) is 0.808. The topological polar surface area (TPSA) is 49.3 Å². The summed E-state index contributed by atoms with van der Waals surface area (Å²) in [5.41, 5.74) is 0.960. The zero-order valence-electron chi connectivity index (χ0n) is 9.21. The van der Waals surface area contributed by atoms with Crippen LogP contribution in [0, 0.1) is 5.82 Å². The van der Waals surface area contributed by atoms with E-state index >= 15 is 0 Å². The highest BCUT2D eigenvalue weighted by Gasteiger charge is 1.93. The summed E-state index contributed by atoms with van der Waals surface area (Å²) in [6.07, 6.45) is 0. The first kappa shape index (κ1) is 14.7. The Balaban J connectivity index is 0.000000385. The number of aliphatic carboxylic acids is 1. The molecule has 3 nitrogen and oxygen atoms in total. The van der Waals surface area contributed by atoms with Gasteiger partial charge >= 0.3 is 5.97 Å². The molecule has 0 bridgehead atoms. The number of carboxylic acid groups (broad SMARTS) is 1. The standard InChI is InChI=1S/C9H12FN.C2H3ClO2/c1-7(2)11-9-5-3-8(10)4-6-9;3-1-2(4)5/h3-7,11H,1-2H3;1H2,(H,4,5). The number of rotatable bonds is 3. The third kappa shape index (κ3) is 8.05. The molecule has 2 N–H and O–H groups in total. The zero-order valence-corrected chi connectivity index (χ0v) is 9.96. The average molecular weight is 248 g/mol. The molecule has 0 unspecified atom stereocenters. The summed E-state index contributed by atoms with van der Waals surface area (Å²) in [5.74, 6) is -1.48. The van der Waals surface area contributed by atoms with Crippen LogP contribution in [0.3, 0.4) is 0 Å². The van der Waals surface area contributed by atoms with Gasteiger partial charge < -0.3 is 10.4 Å². The lowest BCUT2D eigenvalue weighted by Gasteiger charge is -2.08. The van der Waals surface area contributed by atoms with Crippen molar-refractivity contribution >= 4 is 23.3 Å². The fourth-order valence-corrected chi connectivity index (χ4v) is 0.879. The van der Waals surface area contributed by atoms with Crippen LogP contribution in [0.1, 0.15) is 13.8 Å². The maximum Gasteiger partial charge on any atom is 0.318 e. The largest absolute Gasteiger partial charge is 0.480 e. The fraction of sp³-hybridized carbons (Fsp3) is 0.364. The van der Waals surface area contributed by atoms with Gasteiger partial charge in [0.25, 0.3) is 0 Å². The lowest BCUT2D eigenvalue weighted by atomic mass is 10.3. The Morgan fingerprint density at radius 2 is 1.88 bits per heavy atom. The molecule has 90 valence electrons. The molecule has 0 fully saturated rings. The molecule has 0 atom stereocenters. The van der Waals surface area contributed by atoms with E-state index < -0.39 is 5.97 Å². The Morgan fingerprint density at radius 3 is 2.19 bits per heavy atom. The van der Waals surface area contributed by atoms with Gasteiger partial charge in [-0.2, -0.15) is 0 Å². The summed E-state index contributed by atoms with van der Waals surface area (Å²) >= 11 is 4.74. The first-order valence-corrected chi connectivity index (χ1v) is 5.29. The van der Waals surface area contributed by atoms with E-state index in [1.54, 1.807) is 12.1 Å². The molecule has 1 aromatic carbocycles. The van der Waals surface area contributed by atoms with E-state index in [1.165, 1.54) is 12.1 Å². The van der Waals surface area contributed by atoms with Crippen molar-refractivity contribution in [2.24, 2.45) is 0 Å². The molecule has 0 heterocycles. The molecule has 1 rings (SSSR count). The number of alkyl halides is 1. The third-order valence-electron chi connectivity index (χ3n) is 1.41. The molecule has 0 aromatic heterocycles. The second-order valence-electron chi connectivity index (χ2n) is 3.33. The van der Waals surface area contributed by atoms with E-state index in [0.29, 0.717) is 6.04 Å². The molecule has 5 heteroatoms. The highest BCUT2D eigenvalue weighted by atomic mass is 35.5. The van der Waals surface area contributed by atoms with E-state index in [4.69, 9.17) is 16.7 Å². The SMILES string of the molecule is CC(C)Nc1ccc(F)cc1.O=C(O)CCl. The van der Waals surface area contributed by atoms with Gasteiger partial charge in [-0.3, -0.25) is 4.79 Å². The Morgan fingerprint density at radius 1 is 1.44 bits per heavy atom. The van der Waals surface area contributed by atoms with Gasteiger partial charge in [-0.25, -0.2) is 4.39 Å². The summed E-state index contributed by atoms with van der Waals surface area (Å²) in [7, 11) is 0. The van der Waals surface area contributed by atoms with Crippen molar-refractivity contribution in [1.29, 1.82) is 0 Å². The summed E-state index contributed by atoms with van der Waals surface area (Å²) in [6, 6.07) is 6.75. The van der Waals surface area contributed by atoms with Crippen LogP contribution in [0.2, 0.25) is 0 Å². The van der Waals surface area contributed by atoms with Gasteiger partial charge in [0.05, 0.1) is 0 Å². The Kier molecular flexibility index (Phi) is 7.29. The van der Waals surface area contributed by atoms with Crippen LogP contribution in [-0.4, -0.2) is 23.0 Å². The Bertz CT molecular complexity index is 314. The molecule has 0 aliphatic heterocycles. The van der Waals surface area contributed by atoms with Gasteiger partial charge in [-0.05, 0) is 38.1 Å². The second-order valence-corrected chi connectivity index (χ2v) is 3.60. The van der Waals surface area contributed by atoms with Gasteiger partial charge in [0.2, 0.25) is 0 Å². The monoisotopic (exact) mass is 247 g/mol. The Hall–Kier alpha value is -1.29. The minimum absolute atomic E-state index is 0.195. The van der Waals surface area contributed by atoms with Crippen LogP contribution in [0.4, 0.5) is 10.1 Å². The molecular weight excluding hydrogens is 233 g/mol. The number of halogens is 2. The first-order valence-electron chi connectivity index (χ1n) is 4.75. The summed E-state index contributed by atoms with van der Waals surface area (Å²) in [6.45, 7) is 4.09. The number of hydrogen-bond donors (Lipinski definition) is 2. The van der Waals surface area contributed by atoms with Crippen molar-refractivity contribution in [3.63, 3.8) is 0 Å². The molecule has 0 saturated carbocycles. The van der Waals surface area contributed by atoms with E-state index in [2.05, 4.69) is 5.32 Å². The minimum Gasteiger partial charge on any atom is -0.480 e. The molecule has 16 heavy (non-hydrogen) atoms. The van der Waals surface area contributed by atoms with E-state index in [0.717, 1.165) is 5.69 Å². The number of anilines is 1. The van der Waals surface area contributed by atoms with E-state index in [1.807, 2.05) is 13.8 Å². The van der Waals surface area contributed by atoms with Crippen LogP contribution < -0.4 is 5.32 Å². The number of carboxylic acids is 1. The van der Waals surface area contributed by atoms with Crippen LogP contribution in [0.5, 0.6) is 0 Å². The highest BCUT2D eigenvalue weighted by molar-refractivity contribution is 6.26. The molecule has 0 saturated heterocycles. The number of nitrogens with one attached hydrogen (secondary N) is 1. The highest BCUT2D eigenvalue weighted by Crippen LogP contribution is 2.08. The van der Waals surface area contributed by atoms with Crippen molar-refractivity contribution in [1.82, 2.24) is 0 Å². The fourth-order valence-electron chi connectivity index (χ4n) is 0.879.